The lowest BCUT2D eigenvalue weighted by atomic mass is 9.82. The van der Waals surface area contributed by atoms with E-state index in [0.29, 0.717) is 25.6 Å². The van der Waals surface area contributed by atoms with E-state index in [9.17, 15) is 32.3 Å². The van der Waals surface area contributed by atoms with Crippen LogP contribution in [-0.4, -0.2) is 34.6 Å². The number of fused-ring (bicyclic) bond motifs is 2. The summed E-state index contributed by atoms with van der Waals surface area (Å²) in [4.78, 5) is 56.6. The van der Waals surface area contributed by atoms with Crippen LogP contribution in [0.2, 0.25) is 0 Å². The van der Waals surface area contributed by atoms with Crippen molar-refractivity contribution in [1.29, 1.82) is 0 Å². The number of alkyl halides is 3. The van der Waals surface area contributed by atoms with Crippen molar-refractivity contribution < 1.29 is 32.3 Å². The number of carbonyl (C=O) groups excluding carboxylic acids is 3. The van der Waals surface area contributed by atoms with Crippen LogP contribution in [-0.2, 0) is 20.6 Å². The second kappa shape index (κ2) is 11.6. The number of ether oxygens (including phenoxy) is 1. The fourth-order valence-electron chi connectivity index (χ4n) is 5.36. The Labute approximate surface area is 264 Å². The number of thioether (sulfide) groups is 1. The van der Waals surface area contributed by atoms with Crippen LogP contribution in [0.3, 0.4) is 0 Å². The second-order valence-corrected chi connectivity index (χ2v) is 13.2. The topological polar surface area (TPSA) is 109 Å². The Balaban J connectivity index is 1.37. The molecule has 0 aliphatic carbocycles. The SMILES string of the molecule is Cc1ccccc1NC(=O)COc1ccc(Br)cc1[C@H]1c2sc(=O)[nH]c2SC2C(=O)N(c3cccc(C(F)(F)F)c3)C(=O)C21. The summed E-state index contributed by atoms with van der Waals surface area (Å²) >= 11 is 5.32. The maximum absolute atomic E-state index is 14.0. The van der Waals surface area contributed by atoms with Gasteiger partial charge in [0, 0.05) is 26.5 Å². The molecule has 6 rings (SSSR count). The summed E-state index contributed by atoms with van der Waals surface area (Å²) in [6.45, 7) is 1.47. The number of amides is 3. The van der Waals surface area contributed by atoms with Crippen LogP contribution in [0, 0.1) is 12.8 Å². The average Bonchev–Trinajstić information content (AvgIpc) is 3.47. The molecule has 4 aromatic rings. The van der Waals surface area contributed by atoms with Crippen LogP contribution in [0.1, 0.15) is 27.5 Å². The van der Waals surface area contributed by atoms with Gasteiger partial charge in [-0.3, -0.25) is 19.2 Å². The molecule has 3 heterocycles. The van der Waals surface area contributed by atoms with Crippen LogP contribution in [0.4, 0.5) is 24.5 Å². The van der Waals surface area contributed by atoms with Crippen LogP contribution in [0.25, 0.3) is 0 Å². The van der Waals surface area contributed by atoms with E-state index >= 15 is 0 Å². The number of hydrogen-bond acceptors (Lipinski definition) is 7. The molecule has 3 aromatic carbocycles. The molecule has 0 radical (unpaired) electrons. The molecular formula is C30H21BrF3N3O5S2. The Morgan fingerprint density at radius 3 is 2.57 bits per heavy atom. The Morgan fingerprint density at radius 1 is 1.05 bits per heavy atom. The Morgan fingerprint density at radius 2 is 1.82 bits per heavy atom. The smallest absolute Gasteiger partial charge is 0.416 e. The Hall–Kier alpha value is -3.88. The molecule has 0 saturated carbocycles. The summed E-state index contributed by atoms with van der Waals surface area (Å²) in [7, 11) is 0. The van der Waals surface area contributed by atoms with Crippen molar-refractivity contribution in [2.45, 2.75) is 29.3 Å². The maximum atomic E-state index is 14.0. The largest absolute Gasteiger partial charge is 0.483 e. The third-order valence-corrected chi connectivity index (χ3v) is 10.2. The molecule has 3 atom stereocenters. The normalized spacial score (nSPS) is 19.5. The molecule has 2 aliphatic rings. The first-order valence-electron chi connectivity index (χ1n) is 13.1. The zero-order valence-electron chi connectivity index (χ0n) is 22.6. The number of nitrogens with zero attached hydrogens (tertiary/aromatic N) is 1. The predicted octanol–water partition coefficient (Wildman–Crippen LogP) is 6.34. The van der Waals surface area contributed by atoms with Gasteiger partial charge in [0.15, 0.2) is 6.61 Å². The first kappa shape index (κ1) is 30.2. The minimum absolute atomic E-state index is 0.195. The fourth-order valence-corrected chi connectivity index (χ4v) is 8.25. The lowest BCUT2D eigenvalue weighted by Gasteiger charge is -2.31. The lowest BCUT2D eigenvalue weighted by Crippen LogP contribution is -2.32. The fraction of sp³-hybridized carbons (Fsp3) is 0.200. The van der Waals surface area contributed by atoms with Gasteiger partial charge in [0.25, 0.3) is 5.91 Å². The number of benzene rings is 3. The monoisotopic (exact) mass is 703 g/mol. The van der Waals surface area contributed by atoms with Gasteiger partial charge in [-0.25, -0.2) is 4.90 Å². The van der Waals surface area contributed by atoms with Gasteiger partial charge < -0.3 is 15.0 Å². The Kier molecular flexibility index (Phi) is 7.92. The quantitative estimate of drug-likeness (QED) is 0.227. The van der Waals surface area contributed by atoms with Crippen molar-refractivity contribution in [3.63, 3.8) is 0 Å². The number of aromatic amines is 1. The maximum Gasteiger partial charge on any atom is 0.416 e. The van der Waals surface area contributed by atoms with E-state index in [1.165, 1.54) is 6.07 Å². The summed E-state index contributed by atoms with van der Waals surface area (Å²) in [6, 6.07) is 16.3. The predicted molar refractivity (Wildman–Crippen MR) is 163 cm³/mol. The van der Waals surface area contributed by atoms with E-state index < -0.39 is 51.4 Å². The zero-order valence-corrected chi connectivity index (χ0v) is 25.8. The number of para-hydroxylation sites is 1. The molecule has 2 N–H and O–H groups in total. The number of hydrogen-bond donors (Lipinski definition) is 2. The summed E-state index contributed by atoms with van der Waals surface area (Å²) < 4.78 is 47.0. The average molecular weight is 705 g/mol. The molecule has 0 bridgehead atoms. The number of halogens is 4. The van der Waals surface area contributed by atoms with Crippen LogP contribution in [0.15, 0.2) is 81.0 Å². The highest BCUT2D eigenvalue weighted by Crippen LogP contribution is 2.55. The van der Waals surface area contributed by atoms with Gasteiger partial charge in [0.05, 0.1) is 22.2 Å². The molecule has 1 saturated heterocycles. The molecule has 44 heavy (non-hydrogen) atoms. The highest BCUT2D eigenvalue weighted by molar-refractivity contribution is 9.10. The van der Waals surface area contributed by atoms with Crippen molar-refractivity contribution in [2.75, 3.05) is 16.8 Å². The molecule has 3 amide bonds. The minimum atomic E-state index is -4.68. The van der Waals surface area contributed by atoms with E-state index in [0.717, 1.165) is 51.8 Å². The van der Waals surface area contributed by atoms with Crippen molar-refractivity contribution >= 4 is 68.1 Å². The van der Waals surface area contributed by atoms with E-state index in [1.807, 2.05) is 19.1 Å². The summed E-state index contributed by atoms with van der Waals surface area (Å²) in [5.41, 5.74) is 0.724. The van der Waals surface area contributed by atoms with E-state index in [-0.39, 0.29) is 18.0 Å². The Bertz CT molecular complexity index is 1870. The molecule has 14 heteroatoms. The second-order valence-electron chi connectivity index (χ2n) is 10.1. The van der Waals surface area contributed by atoms with Crippen molar-refractivity contribution in [3.05, 3.63) is 102 Å². The van der Waals surface area contributed by atoms with Crippen LogP contribution in [0.5, 0.6) is 5.75 Å². The number of H-pyrrole nitrogens is 1. The first-order valence-corrected chi connectivity index (χ1v) is 15.6. The molecule has 1 aromatic heterocycles. The van der Waals surface area contributed by atoms with E-state index in [1.54, 1.807) is 30.3 Å². The van der Waals surface area contributed by atoms with Gasteiger partial charge in [0.2, 0.25) is 11.8 Å². The number of carbonyl (C=O) groups is 3. The highest BCUT2D eigenvalue weighted by Gasteiger charge is 2.57. The minimum Gasteiger partial charge on any atom is -0.483 e. The number of aromatic nitrogens is 1. The molecule has 2 aliphatic heterocycles. The number of nitrogens with one attached hydrogen (secondary N) is 2. The summed E-state index contributed by atoms with van der Waals surface area (Å²) in [6.07, 6.45) is -4.68. The molecule has 226 valence electrons. The number of thiazole rings is 1. The van der Waals surface area contributed by atoms with Gasteiger partial charge >= 0.3 is 11.0 Å². The zero-order chi connectivity index (χ0) is 31.3. The van der Waals surface area contributed by atoms with Crippen molar-refractivity contribution in [1.82, 2.24) is 4.98 Å². The first-order chi connectivity index (χ1) is 20.9. The summed E-state index contributed by atoms with van der Waals surface area (Å²) in [5, 5.41) is 2.15. The van der Waals surface area contributed by atoms with Crippen molar-refractivity contribution in [3.8, 4) is 5.75 Å². The van der Waals surface area contributed by atoms with Crippen LogP contribution >= 0.6 is 39.0 Å². The molecule has 8 nitrogen and oxygen atoms in total. The lowest BCUT2D eigenvalue weighted by molar-refractivity contribution is -0.137. The van der Waals surface area contributed by atoms with Crippen LogP contribution < -0.4 is 19.8 Å². The van der Waals surface area contributed by atoms with E-state index in [2.05, 4.69) is 26.2 Å². The van der Waals surface area contributed by atoms with Gasteiger partial charge in [-0.05, 0) is 55.0 Å². The van der Waals surface area contributed by atoms with E-state index in [4.69, 9.17) is 4.74 Å². The standard InChI is InChI=1S/C30H21BrF3N3O5S2/c1-14-5-2-3-8-19(14)35-21(38)13-42-20-10-9-16(31)12-18(20)22-23-25(43-26-24(22)44-29(41)36-26)28(40)37(27(23)39)17-7-4-6-15(11-17)30(32,33)34/h2-12,22-23,25H,13H2,1H3,(H,35,38)(H,36,41)/t22-,23?,25?/m1/s1. The van der Waals surface area contributed by atoms with Gasteiger partial charge in [-0.2, -0.15) is 13.2 Å². The number of imide groups is 1. The van der Waals surface area contributed by atoms with Crippen molar-refractivity contribution in [2.24, 2.45) is 5.92 Å². The molecule has 0 spiro atoms. The molecular weight excluding hydrogens is 683 g/mol. The third-order valence-electron chi connectivity index (χ3n) is 7.34. The molecule has 2 unspecified atom stereocenters. The molecule has 1 fully saturated rings. The number of anilines is 2. The highest BCUT2D eigenvalue weighted by atomic mass is 79.9. The number of rotatable bonds is 6. The third kappa shape index (κ3) is 5.57. The van der Waals surface area contributed by atoms with Gasteiger partial charge in [-0.1, -0.05) is 63.3 Å². The summed E-state index contributed by atoms with van der Waals surface area (Å²) in [5.74, 6) is -3.53. The van der Waals surface area contributed by atoms with Gasteiger partial charge in [0.1, 0.15) is 11.0 Å². The van der Waals surface area contributed by atoms with Gasteiger partial charge in [-0.15, -0.1) is 0 Å². The number of aryl methyl sites for hydroxylation is 1.